The van der Waals surface area contributed by atoms with Crippen LogP contribution in [0.25, 0.3) is 0 Å². The van der Waals surface area contributed by atoms with Crippen molar-refractivity contribution < 1.29 is 41.4 Å². The number of nitrogens with zero attached hydrogens (tertiary/aromatic N) is 3. The molecule has 1 aliphatic heterocycles. The first-order valence-corrected chi connectivity index (χ1v) is 15.7. The number of methoxy groups -OCH3 is 1. The Morgan fingerprint density at radius 3 is 2.45 bits per heavy atom. The molecule has 1 aromatic heterocycles. The quantitative estimate of drug-likeness (QED) is 0.296. The highest BCUT2D eigenvalue weighted by Crippen LogP contribution is 2.65. The second-order valence-corrected chi connectivity index (χ2v) is 13.4. The summed E-state index contributed by atoms with van der Waals surface area (Å²) in [5.74, 6) is -4.88. The Bertz CT molecular complexity index is 1610. The Morgan fingerprint density at radius 1 is 1.09 bits per heavy atom. The normalized spacial score (nSPS) is 31.0. The molecule has 8 rings (SSSR count). The molecule has 6 aliphatic rings. The van der Waals surface area contributed by atoms with Crippen molar-refractivity contribution >= 4 is 29.2 Å². The van der Waals surface area contributed by atoms with Gasteiger partial charge in [0.2, 0.25) is 17.6 Å². The van der Waals surface area contributed by atoms with Gasteiger partial charge in [0.25, 0.3) is 11.8 Å². The number of nitrogens with two attached hydrogens (primary N) is 1. The van der Waals surface area contributed by atoms with Gasteiger partial charge in [0.1, 0.15) is 17.2 Å². The number of morpholine rings is 1. The molecule has 6 fully saturated rings. The van der Waals surface area contributed by atoms with Crippen molar-refractivity contribution in [2.45, 2.75) is 61.8 Å². The van der Waals surface area contributed by atoms with Crippen LogP contribution in [0.3, 0.4) is 0 Å². The van der Waals surface area contributed by atoms with Crippen molar-refractivity contribution in [2.24, 2.45) is 23.5 Å². The summed E-state index contributed by atoms with van der Waals surface area (Å²) < 4.78 is 64.7. The largest absolute Gasteiger partial charge is 0.480 e. The Kier molecular flexibility index (Phi) is 7.57. The van der Waals surface area contributed by atoms with Crippen LogP contribution < -0.4 is 26.4 Å². The van der Waals surface area contributed by atoms with E-state index >= 15 is 0 Å². The molecule has 2 aromatic rings. The second-order valence-electron chi connectivity index (χ2n) is 13.4. The Balaban J connectivity index is 1.12. The first kappa shape index (κ1) is 31.5. The summed E-state index contributed by atoms with van der Waals surface area (Å²) in [5, 5.41) is 8.87. The van der Waals surface area contributed by atoms with Crippen LogP contribution in [0.15, 0.2) is 18.2 Å². The van der Waals surface area contributed by atoms with E-state index in [1.54, 1.807) is 0 Å². The fourth-order valence-electron chi connectivity index (χ4n) is 8.63. The summed E-state index contributed by atoms with van der Waals surface area (Å²) in [4.78, 5) is 50.5. The number of carbonyl (C=O) groups is 3. The predicted molar refractivity (Wildman–Crippen MR) is 158 cm³/mol. The number of primary amides is 1. The minimum Gasteiger partial charge on any atom is -0.480 e. The van der Waals surface area contributed by atoms with Crippen molar-refractivity contribution in [1.29, 1.82) is 0 Å². The van der Waals surface area contributed by atoms with Gasteiger partial charge >= 0.3 is 6.18 Å². The molecule has 5 aliphatic carbocycles. The second kappa shape index (κ2) is 11.3. The van der Waals surface area contributed by atoms with E-state index in [9.17, 15) is 31.9 Å². The summed E-state index contributed by atoms with van der Waals surface area (Å²) in [6.45, 7) is 3.05. The van der Waals surface area contributed by atoms with E-state index in [4.69, 9.17) is 15.2 Å². The summed E-state index contributed by atoms with van der Waals surface area (Å²) in [6.07, 6.45) is -0.389. The molecular weight excluding hydrogens is 626 g/mol. The topological polar surface area (TPSA) is 161 Å². The van der Waals surface area contributed by atoms with Gasteiger partial charge in [-0.05, 0) is 68.6 Å². The van der Waals surface area contributed by atoms with Crippen molar-refractivity contribution in [3.63, 3.8) is 0 Å². The lowest BCUT2D eigenvalue weighted by Crippen LogP contribution is -2.82. The first-order chi connectivity index (χ1) is 22.3. The van der Waals surface area contributed by atoms with E-state index in [1.165, 1.54) is 7.11 Å². The number of nitrogens with one attached hydrogen (secondary N) is 3. The van der Waals surface area contributed by atoms with Gasteiger partial charge in [0, 0.05) is 35.9 Å². The maximum Gasteiger partial charge on any atom is 0.419 e. The zero-order valence-electron chi connectivity index (χ0n) is 25.6. The number of rotatable bonds is 9. The highest BCUT2D eigenvalue weighted by atomic mass is 19.4. The molecule has 3 amide bonds. The third kappa shape index (κ3) is 5.44. The average molecular weight is 662 g/mol. The molecule has 4 atom stereocenters. The molecule has 0 spiro atoms. The lowest BCUT2D eigenvalue weighted by atomic mass is 9.43. The minimum atomic E-state index is -4.94. The van der Waals surface area contributed by atoms with Gasteiger partial charge in [-0.1, -0.05) is 0 Å². The van der Waals surface area contributed by atoms with Gasteiger partial charge in [0.05, 0.1) is 31.8 Å². The molecule has 1 saturated heterocycles. The van der Waals surface area contributed by atoms with Crippen molar-refractivity contribution in [1.82, 2.24) is 20.2 Å². The van der Waals surface area contributed by atoms with E-state index in [-0.39, 0.29) is 51.7 Å². The highest BCUT2D eigenvalue weighted by Gasteiger charge is 2.70. The molecule has 16 heteroatoms. The smallest absolute Gasteiger partial charge is 0.419 e. The SMILES string of the molecule is COc1nc(C(N)=O)nc(NC23CC(N4CCOCC4)(C2)C3)c1C(=O)N[C@@H]1[C@H]2CC[C@H](C2)[C@@H]1C(=O)Nc1ccc(F)c(C(F)(F)F)c1. The number of benzene rings is 1. The molecule has 0 unspecified atom stereocenters. The molecule has 1 aromatic carbocycles. The van der Waals surface area contributed by atoms with Gasteiger partial charge in [-0.2, -0.15) is 18.2 Å². The summed E-state index contributed by atoms with van der Waals surface area (Å²) in [6, 6.07) is 1.63. The molecule has 47 heavy (non-hydrogen) atoms. The standard InChI is InChI=1S/C31H35F4N7O5/c1-46-28-21(24(39-25(40-28)23(36)43)41-29-12-30(13-29,14-29)42-6-8-47-9-7-42)27(45)38-22-16-3-2-15(10-16)20(22)26(44)37-17-4-5-19(32)18(11-17)31(33,34)35/h4-5,11,15-16,20,22H,2-3,6-10,12-14H2,1H3,(H2,36,43)(H,37,44)(H,38,45)(H,39,40,41)/t15-,16+,20+,22-,29?,30?/m1/s1. The summed E-state index contributed by atoms with van der Waals surface area (Å²) in [7, 11) is 1.30. The average Bonchev–Trinajstić information content (AvgIpc) is 3.60. The van der Waals surface area contributed by atoms with Gasteiger partial charge in [-0.25, -0.2) is 9.37 Å². The molecule has 4 bridgehead atoms. The van der Waals surface area contributed by atoms with Crippen LogP contribution in [0.4, 0.5) is 29.1 Å². The van der Waals surface area contributed by atoms with Crippen LogP contribution in [0.2, 0.25) is 0 Å². The van der Waals surface area contributed by atoms with Crippen LogP contribution in [-0.2, 0) is 15.7 Å². The van der Waals surface area contributed by atoms with Crippen LogP contribution in [-0.4, -0.2) is 83.1 Å². The van der Waals surface area contributed by atoms with Crippen molar-refractivity contribution in [2.75, 3.05) is 44.0 Å². The predicted octanol–water partition coefficient (Wildman–Crippen LogP) is 2.94. The van der Waals surface area contributed by atoms with Gasteiger partial charge in [-0.3, -0.25) is 19.3 Å². The van der Waals surface area contributed by atoms with E-state index in [1.807, 2.05) is 0 Å². The monoisotopic (exact) mass is 661 g/mol. The minimum absolute atomic E-state index is 0.0436. The van der Waals surface area contributed by atoms with Gasteiger partial charge < -0.3 is 31.2 Å². The molecule has 12 nitrogen and oxygen atoms in total. The van der Waals surface area contributed by atoms with Gasteiger partial charge in [-0.15, -0.1) is 0 Å². The maximum atomic E-state index is 14.0. The number of carbonyl (C=O) groups excluding carboxylic acids is 3. The Hall–Kier alpha value is -4.05. The molecule has 5 saturated carbocycles. The lowest BCUT2D eigenvalue weighted by molar-refractivity contribution is -0.172. The van der Waals surface area contributed by atoms with Crippen LogP contribution in [0.5, 0.6) is 5.88 Å². The summed E-state index contributed by atoms with van der Waals surface area (Å²) in [5.41, 5.74) is 3.48. The third-order valence-corrected chi connectivity index (χ3v) is 10.6. The Morgan fingerprint density at radius 2 is 1.79 bits per heavy atom. The summed E-state index contributed by atoms with van der Waals surface area (Å²) >= 11 is 0. The van der Waals surface area contributed by atoms with Crippen LogP contribution in [0.1, 0.15) is 65.1 Å². The molecule has 2 heterocycles. The number of amides is 3. The third-order valence-electron chi connectivity index (χ3n) is 10.6. The van der Waals surface area contributed by atoms with Crippen LogP contribution in [0, 0.1) is 23.6 Å². The van der Waals surface area contributed by atoms with E-state index in [0.29, 0.717) is 38.2 Å². The number of fused-ring (bicyclic) bond motifs is 2. The van der Waals surface area contributed by atoms with Crippen LogP contribution >= 0.6 is 0 Å². The number of halogens is 4. The number of hydrogen-bond donors (Lipinski definition) is 4. The molecular formula is C31H35F4N7O5. The van der Waals surface area contributed by atoms with E-state index in [2.05, 4.69) is 30.8 Å². The molecule has 252 valence electrons. The van der Waals surface area contributed by atoms with E-state index in [0.717, 1.165) is 44.8 Å². The first-order valence-electron chi connectivity index (χ1n) is 15.7. The lowest BCUT2D eigenvalue weighted by Gasteiger charge is -2.74. The maximum absolute atomic E-state index is 14.0. The highest BCUT2D eigenvalue weighted by molar-refractivity contribution is 6.03. The number of anilines is 2. The fraction of sp³-hybridized carbons (Fsp3) is 0.581. The van der Waals surface area contributed by atoms with Crippen molar-refractivity contribution in [3.8, 4) is 5.88 Å². The number of hydrogen-bond acceptors (Lipinski definition) is 9. The van der Waals surface area contributed by atoms with Crippen molar-refractivity contribution in [3.05, 3.63) is 41.0 Å². The number of alkyl halides is 3. The fourth-order valence-corrected chi connectivity index (χ4v) is 8.63. The zero-order valence-corrected chi connectivity index (χ0v) is 25.6. The zero-order chi connectivity index (χ0) is 33.3. The molecule has 0 radical (unpaired) electrons. The number of ether oxygens (including phenoxy) is 2. The number of aromatic nitrogens is 2. The van der Waals surface area contributed by atoms with Gasteiger partial charge in [0.15, 0.2) is 0 Å². The van der Waals surface area contributed by atoms with E-state index < -0.39 is 47.2 Å². The molecule has 5 N–H and O–H groups in total. The Labute approximate surface area is 267 Å².